The minimum Gasteiger partial charge on any atom is -0.432 e. The van der Waals surface area contributed by atoms with E-state index in [4.69, 9.17) is 10.2 Å². The summed E-state index contributed by atoms with van der Waals surface area (Å²) in [6.07, 6.45) is 2.60. The van der Waals surface area contributed by atoms with E-state index in [1.807, 2.05) is 18.9 Å². The number of anilines is 1. The zero-order valence-electron chi connectivity index (χ0n) is 8.45. The Bertz CT molecular complexity index is 259. The average molecular weight is 183 g/mol. The van der Waals surface area contributed by atoms with Gasteiger partial charge in [-0.05, 0) is 13.3 Å². The molecule has 1 heterocycles. The van der Waals surface area contributed by atoms with Crippen molar-refractivity contribution in [3.63, 3.8) is 0 Å². The standard InChI is InChI=1S/C9H17N3O/c1-4-8(10)5-12(3)9-11-7(2)6-13-9/h6,8H,4-5,10H2,1-3H3. The van der Waals surface area contributed by atoms with E-state index >= 15 is 0 Å². The number of oxazole rings is 1. The molecule has 1 unspecified atom stereocenters. The number of hydrogen-bond donors (Lipinski definition) is 1. The molecule has 13 heavy (non-hydrogen) atoms. The molecule has 0 radical (unpaired) electrons. The van der Waals surface area contributed by atoms with Crippen LogP contribution in [0.3, 0.4) is 0 Å². The average Bonchev–Trinajstić information content (AvgIpc) is 2.51. The lowest BCUT2D eigenvalue weighted by Gasteiger charge is -2.18. The largest absolute Gasteiger partial charge is 0.432 e. The van der Waals surface area contributed by atoms with Gasteiger partial charge < -0.3 is 15.1 Å². The van der Waals surface area contributed by atoms with E-state index in [2.05, 4.69) is 11.9 Å². The maximum atomic E-state index is 5.81. The van der Waals surface area contributed by atoms with Crippen LogP contribution >= 0.6 is 0 Å². The highest BCUT2D eigenvalue weighted by atomic mass is 16.4. The lowest BCUT2D eigenvalue weighted by Crippen LogP contribution is -2.34. The molecule has 0 fully saturated rings. The topological polar surface area (TPSA) is 55.3 Å². The van der Waals surface area contributed by atoms with Crippen molar-refractivity contribution >= 4 is 6.01 Å². The number of aryl methyl sites for hydroxylation is 1. The lowest BCUT2D eigenvalue weighted by atomic mass is 10.2. The van der Waals surface area contributed by atoms with Gasteiger partial charge in [-0.1, -0.05) is 6.92 Å². The summed E-state index contributed by atoms with van der Waals surface area (Å²) in [5, 5.41) is 0. The molecule has 0 aliphatic carbocycles. The molecule has 1 atom stereocenters. The highest BCUT2D eigenvalue weighted by molar-refractivity contribution is 5.25. The van der Waals surface area contributed by atoms with Crippen molar-refractivity contribution in [1.29, 1.82) is 0 Å². The molecule has 0 aliphatic heterocycles. The molecular formula is C9H17N3O. The second kappa shape index (κ2) is 4.28. The van der Waals surface area contributed by atoms with Crippen LogP contribution in [0.25, 0.3) is 0 Å². The summed E-state index contributed by atoms with van der Waals surface area (Å²) in [6.45, 7) is 4.75. The van der Waals surface area contributed by atoms with Gasteiger partial charge in [0.15, 0.2) is 0 Å². The number of nitrogens with zero attached hydrogens (tertiary/aromatic N) is 2. The molecule has 1 aromatic heterocycles. The summed E-state index contributed by atoms with van der Waals surface area (Å²) in [5.41, 5.74) is 6.70. The van der Waals surface area contributed by atoms with E-state index in [0.717, 1.165) is 18.7 Å². The molecule has 0 aliphatic rings. The lowest BCUT2D eigenvalue weighted by molar-refractivity contribution is 0.528. The van der Waals surface area contributed by atoms with Crippen LogP contribution in [-0.4, -0.2) is 24.6 Å². The molecule has 0 spiro atoms. The van der Waals surface area contributed by atoms with E-state index in [1.54, 1.807) is 6.26 Å². The van der Waals surface area contributed by atoms with Gasteiger partial charge in [-0.15, -0.1) is 0 Å². The molecular weight excluding hydrogens is 166 g/mol. The zero-order chi connectivity index (χ0) is 9.84. The summed E-state index contributed by atoms with van der Waals surface area (Å²) in [7, 11) is 1.93. The summed E-state index contributed by atoms with van der Waals surface area (Å²) in [4.78, 5) is 6.13. The maximum absolute atomic E-state index is 5.81. The third-order valence-corrected chi connectivity index (χ3v) is 1.97. The van der Waals surface area contributed by atoms with Crippen LogP contribution in [0.2, 0.25) is 0 Å². The van der Waals surface area contributed by atoms with Crippen molar-refractivity contribution in [3.8, 4) is 0 Å². The van der Waals surface area contributed by atoms with Gasteiger partial charge in [-0.2, -0.15) is 4.98 Å². The fraction of sp³-hybridized carbons (Fsp3) is 0.667. The van der Waals surface area contributed by atoms with Crippen molar-refractivity contribution in [2.24, 2.45) is 5.73 Å². The van der Waals surface area contributed by atoms with Crippen LogP contribution < -0.4 is 10.6 Å². The van der Waals surface area contributed by atoms with Crippen LogP contribution in [0.15, 0.2) is 10.7 Å². The Balaban J connectivity index is 2.53. The highest BCUT2D eigenvalue weighted by Crippen LogP contribution is 2.11. The molecule has 4 heteroatoms. The maximum Gasteiger partial charge on any atom is 0.297 e. The first-order valence-corrected chi connectivity index (χ1v) is 4.52. The van der Waals surface area contributed by atoms with Gasteiger partial charge in [0, 0.05) is 19.6 Å². The van der Waals surface area contributed by atoms with E-state index < -0.39 is 0 Å². The predicted octanol–water partition coefficient (Wildman–Crippen LogP) is 1.16. The van der Waals surface area contributed by atoms with Crippen LogP contribution in [0.1, 0.15) is 19.0 Å². The molecule has 0 amide bonds. The van der Waals surface area contributed by atoms with Crippen LogP contribution in [0.4, 0.5) is 6.01 Å². The van der Waals surface area contributed by atoms with Gasteiger partial charge in [0.2, 0.25) is 0 Å². The Morgan fingerprint density at radius 1 is 1.69 bits per heavy atom. The van der Waals surface area contributed by atoms with Gasteiger partial charge >= 0.3 is 0 Å². The monoisotopic (exact) mass is 183 g/mol. The van der Waals surface area contributed by atoms with Crippen LogP contribution in [-0.2, 0) is 0 Å². The first kappa shape index (κ1) is 10.1. The van der Waals surface area contributed by atoms with E-state index in [-0.39, 0.29) is 6.04 Å². The molecule has 0 aromatic carbocycles. The number of rotatable bonds is 4. The first-order valence-electron chi connectivity index (χ1n) is 4.52. The molecule has 0 saturated carbocycles. The van der Waals surface area contributed by atoms with Gasteiger partial charge in [0.25, 0.3) is 6.01 Å². The van der Waals surface area contributed by atoms with E-state index in [0.29, 0.717) is 6.01 Å². The Kier molecular flexibility index (Phi) is 3.31. The molecule has 4 nitrogen and oxygen atoms in total. The van der Waals surface area contributed by atoms with E-state index in [1.165, 1.54) is 0 Å². The second-order valence-electron chi connectivity index (χ2n) is 3.32. The summed E-state index contributed by atoms with van der Waals surface area (Å²) < 4.78 is 5.23. The SMILES string of the molecule is CCC(N)CN(C)c1nc(C)co1. The minimum atomic E-state index is 0.178. The predicted molar refractivity (Wildman–Crippen MR) is 52.8 cm³/mol. The van der Waals surface area contributed by atoms with Crippen LogP contribution in [0, 0.1) is 6.92 Å². The fourth-order valence-electron chi connectivity index (χ4n) is 1.08. The van der Waals surface area contributed by atoms with Crippen molar-refractivity contribution in [1.82, 2.24) is 4.98 Å². The summed E-state index contributed by atoms with van der Waals surface area (Å²) in [6, 6.07) is 0.818. The number of nitrogens with two attached hydrogens (primary N) is 1. The number of aromatic nitrogens is 1. The number of likely N-dealkylation sites (N-methyl/N-ethyl adjacent to an activating group) is 1. The Morgan fingerprint density at radius 2 is 2.38 bits per heavy atom. The molecule has 0 saturated heterocycles. The van der Waals surface area contributed by atoms with Gasteiger partial charge in [-0.3, -0.25) is 0 Å². The molecule has 2 N–H and O–H groups in total. The molecule has 1 aromatic rings. The van der Waals surface area contributed by atoms with Crippen molar-refractivity contribution in [2.75, 3.05) is 18.5 Å². The van der Waals surface area contributed by atoms with Gasteiger partial charge in [0.05, 0.1) is 5.69 Å². The van der Waals surface area contributed by atoms with Gasteiger partial charge in [-0.25, -0.2) is 0 Å². The molecule has 74 valence electrons. The smallest absolute Gasteiger partial charge is 0.297 e. The third-order valence-electron chi connectivity index (χ3n) is 1.97. The Labute approximate surface area is 78.7 Å². The van der Waals surface area contributed by atoms with Crippen molar-refractivity contribution < 1.29 is 4.42 Å². The second-order valence-corrected chi connectivity index (χ2v) is 3.32. The molecule has 1 rings (SSSR count). The fourth-order valence-corrected chi connectivity index (χ4v) is 1.08. The zero-order valence-corrected chi connectivity index (χ0v) is 8.45. The van der Waals surface area contributed by atoms with Crippen molar-refractivity contribution in [2.45, 2.75) is 26.3 Å². The van der Waals surface area contributed by atoms with Crippen LogP contribution in [0.5, 0.6) is 0 Å². The van der Waals surface area contributed by atoms with E-state index in [9.17, 15) is 0 Å². The normalized spacial score (nSPS) is 12.9. The minimum absolute atomic E-state index is 0.178. The Morgan fingerprint density at radius 3 is 2.85 bits per heavy atom. The van der Waals surface area contributed by atoms with Crippen molar-refractivity contribution in [3.05, 3.63) is 12.0 Å². The Hall–Kier alpha value is -1.03. The first-order chi connectivity index (χ1) is 6.13. The quantitative estimate of drug-likeness (QED) is 0.761. The summed E-state index contributed by atoms with van der Waals surface area (Å²) in [5.74, 6) is 0. The third kappa shape index (κ3) is 2.73. The number of hydrogen-bond acceptors (Lipinski definition) is 4. The highest BCUT2D eigenvalue weighted by Gasteiger charge is 2.09. The van der Waals surface area contributed by atoms with Gasteiger partial charge in [0.1, 0.15) is 6.26 Å². The molecule has 0 bridgehead atoms. The summed E-state index contributed by atoms with van der Waals surface area (Å²) >= 11 is 0.